The van der Waals surface area contributed by atoms with E-state index in [4.69, 9.17) is 9.84 Å². The van der Waals surface area contributed by atoms with E-state index in [0.717, 1.165) is 12.2 Å². The van der Waals surface area contributed by atoms with Gasteiger partial charge in [-0.05, 0) is 31.0 Å². The van der Waals surface area contributed by atoms with Crippen molar-refractivity contribution in [2.75, 3.05) is 20.3 Å². The summed E-state index contributed by atoms with van der Waals surface area (Å²) in [6.07, 6.45) is 6.13. The number of aliphatic hydroxyl groups is 1. The SMILES string of the molecule is COCC(C)(CCO)NCc1ccc(-n2ccnc2)cc1. The maximum atomic E-state index is 9.16. The lowest BCUT2D eigenvalue weighted by atomic mass is 9.99. The second-order valence-corrected chi connectivity index (χ2v) is 5.46. The third-order valence-electron chi connectivity index (χ3n) is 3.58. The number of ether oxygens (including phenoxy) is 1. The summed E-state index contributed by atoms with van der Waals surface area (Å²) < 4.78 is 7.20. The highest BCUT2D eigenvalue weighted by Crippen LogP contribution is 2.13. The second kappa shape index (κ2) is 7.36. The van der Waals surface area contributed by atoms with Gasteiger partial charge in [0.05, 0.1) is 12.9 Å². The van der Waals surface area contributed by atoms with Crippen LogP contribution in [0.3, 0.4) is 0 Å². The van der Waals surface area contributed by atoms with Gasteiger partial charge in [0, 0.05) is 43.9 Å². The van der Waals surface area contributed by atoms with Gasteiger partial charge in [0.15, 0.2) is 0 Å². The summed E-state index contributed by atoms with van der Waals surface area (Å²) in [5.41, 5.74) is 2.07. The highest BCUT2D eigenvalue weighted by Gasteiger charge is 2.22. The molecule has 0 amide bonds. The Balaban J connectivity index is 1.96. The van der Waals surface area contributed by atoms with Crippen molar-refractivity contribution in [3.63, 3.8) is 0 Å². The van der Waals surface area contributed by atoms with Crippen molar-refractivity contribution in [2.24, 2.45) is 0 Å². The standard InChI is InChI=1S/C16H23N3O2/c1-16(7-10-20,12-21-2)18-11-14-3-5-15(6-4-14)19-9-8-17-13-19/h3-6,8-9,13,18,20H,7,10-12H2,1-2H3. The number of benzene rings is 1. The van der Waals surface area contributed by atoms with E-state index in [1.165, 1.54) is 5.56 Å². The molecule has 1 heterocycles. The minimum Gasteiger partial charge on any atom is -0.396 e. The fraction of sp³-hybridized carbons (Fsp3) is 0.438. The van der Waals surface area contributed by atoms with Crippen LogP contribution in [0.25, 0.3) is 5.69 Å². The topological polar surface area (TPSA) is 59.3 Å². The largest absolute Gasteiger partial charge is 0.396 e. The lowest BCUT2D eigenvalue weighted by Gasteiger charge is -2.29. The van der Waals surface area contributed by atoms with Crippen LogP contribution < -0.4 is 5.32 Å². The van der Waals surface area contributed by atoms with Gasteiger partial charge >= 0.3 is 0 Å². The van der Waals surface area contributed by atoms with Gasteiger partial charge in [-0.2, -0.15) is 0 Å². The number of nitrogens with one attached hydrogen (secondary N) is 1. The number of nitrogens with zero attached hydrogens (tertiary/aromatic N) is 2. The zero-order chi connectivity index (χ0) is 15.1. The van der Waals surface area contributed by atoms with Crippen molar-refractivity contribution in [2.45, 2.75) is 25.4 Å². The molecule has 0 saturated carbocycles. The molecule has 5 heteroatoms. The van der Waals surface area contributed by atoms with Gasteiger partial charge in [-0.1, -0.05) is 12.1 Å². The Morgan fingerprint density at radius 2 is 2.10 bits per heavy atom. The van der Waals surface area contributed by atoms with Gasteiger partial charge in [0.2, 0.25) is 0 Å². The van der Waals surface area contributed by atoms with Crippen molar-refractivity contribution in [3.8, 4) is 5.69 Å². The number of aliphatic hydroxyl groups excluding tert-OH is 1. The maximum Gasteiger partial charge on any atom is 0.0991 e. The van der Waals surface area contributed by atoms with Crippen molar-refractivity contribution in [1.82, 2.24) is 14.9 Å². The van der Waals surface area contributed by atoms with Crippen LogP contribution in [0.2, 0.25) is 0 Å². The Morgan fingerprint density at radius 3 is 2.67 bits per heavy atom. The highest BCUT2D eigenvalue weighted by molar-refractivity contribution is 5.34. The zero-order valence-corrected chi connectivity index (χ0v) is 12.6. The van der Waals surface area contributed by atoms with E-state index >= 15 is 0 Å². The van der Waals surface area contributed by atoms with E-state index in [2.05, 4.69) is 41.5 Å². The predicted molar refractivity (Wildman–Crippen MR) is 82.4 cm³/mol. The van der Waals surface area contributed by atoms with Crippen molar-refractivity contribution in [3.05, 3.63) is 48.5 Å². The first kappa shape index (κ1) is 15.7. The summed E-state index contributed by atoms with van der Waals surface area (Å²) in [6, 6.07) is 8.32. The first-order valence-corrected chi connectivity index (χ1v) is 7.09. The summed E-state index contributed by atoms with van der Waals surface area (Å²) in [7, 11) is 1.68. The van der Waals surface area contributed by atoms with Gasteiger partial charge in [-0.15, -0.1) is 0 Å². The molecule has 0 aliphatic heterocycles. The molecule has 2 N–H and O–H groups in total. The Morgan fingerprint density at radius 1 is 1.33 bits per heavy atom. The normalized spacial score (nSPS) is 14.0. The zero-order valence-electron chi connectivity index (χ0n) is 12.6. The first-order valence-electron chi connectivity index (χ1n) is 7.09. The average molecular weight is 289 g/mol. The number of aromatic nitrogens is 2. The lowest BCUT2D eigenvalue weighted by molar-refractivity contribution is 0.0970. The first-order chi connectivity index (χ1) is 10.2. The van der Waals surface area contributed by atoms with E-state index in [9.17, 15) is 0 Å². The Labute approximate surface area is 125 Å². The summed E-state index contributed by atoms with van der Waals surface area (Å²) in [4.78, 5) is 4.04. The third kappa shape index (κ3) is 4.39. The van der Waals surface area contributed by atoms with Gasteiger partial charge in [-0.3, -0.25) is 0 Å². The van der Waals surface area contributed by atoms with Crippen LogP contribution in [0.1, 0.15) is 18.9 Å². The van der Waals surface area contributed by atoms with Crippen LogP contribution in [-0.2, 0) is 11.3 Å². The van der Waals surface area contributed by atoms with Crippen molar-refractivity contribution in [1.29, 1.82) is 0 Å². The summed E-state index contributed by atoms with van der Waals surface area (Å²) >= 11 is 0. The van der Waals surface area contributed by atoms with Gasteiger partial charge in [0.25, 0.3) is 0 Å². The molecular weight excluding hydrogens is 266 g/mol. The Kier molecular flexibility index (Phi) is 5.50. The van der Waals surface area contributed by atoms with E-state index < -0.39 is 0 Å². The molecule has 0 aliphatic rings. The monoisotopic (exact) mass is 289 g/mol. The number of hydrogen-bond acceptors (Lipinski definition) is 4. The number of rotatable bonds is 8. The van der Waals surface area contributed by atoms with E-state index in [0.29, 0.717) is 13.0 Å². The third-order valence-corrected chi connectivity index (χ3v) is 3.58. The predicted octanol–water partition coefficient (Wildman–Crippen LogP) is 1.75. The molecule has 2 aromatic rings. The van der Waals surface area contributed by atoms with Gasteiger partial charge < -0.3 is 19.7 Å². The average Bonchev–Trinajstić information content (AvgIpc) is 3.01. The minimum absolute atomic E-state index is 0.145. The maximum absolute atomic E-state index is 9.16. The number of hydrogen-bond donors (Lipinski definition) is 2. The molecule has 1 aromatic carbocycles. The Bertz CT molecular complexity index is 517. The molecule has 114 valence electrons. The molecule has 21 heavy (non-hydrogen) atoms. The van der Waals surface area contributed by atoms with Crippen LogP contribution in [-0.4, -0.2) is 40.5 Å². The molecule has 0 radical (unpaired) electrons. The summed E-state index contributed by atoms with van der Waals surface area (Å²) in [6.45, 7) is 3.52. The molecular formula is C16H23N3O2. The van der Waals surface area contributed by atoms with E-state index in [1.54, 1.807) is 19.6 Å². The fourth-order valence-electron chi connectivity index (χ4n) is 2.29. The van der Waals surface area contributed by atoms with E-state index in [1.807, 2.05) is 10.8 Å². The lowest BCUT2D eigenvalue weighted by Crippen LogP contribution is -2.46. The molecule has 0 aliphatic carbocycles. The molecule has 0 saturated heterocycles. The summed E-state index contributed by atoms with van der Waals surface area (Å²) in [5.74, 6) is 0. The molecule has 1 unspecified atom stereocenters. The molecule has 0 bridgehead atoms. The Hall–Kier alpha value is -1.69. The quantitative estimate of drug-likeness (QED) is 0.777. The van der Waals surface area contributed by atoms with Crippen LogP contribution in [0, 0.1) is 0 Å². The molecule has 5 nitrogen and oxygen atoms in total. The van der Waals surface area contributed by atoms with Crippen molar-refractivity contribution >= 4 is 0 Å². The molecule has 0 fully saturated rings. The smallest absolute Gasteiger partial charge is 0.0991 e. The van der Waals surface area contributed by atoms with Crippen LogP contribution >= 0.6 is 0 Å². The molecule has 2 rings (SSSR count). The fourth-order valence-corrected chi connectivity index (χ4v) is 2.29. The van der Waals surface area contributed by atoms with E-state index in [-0.39, 0.29) is 12.1 Å². The second-order valence-electron chi connectivity index (χ2n) is 5.46. The van der Waals surface area contributed by atoms with Crippen LogP contribution in [0.4, 0.5) is 0 Å². The van der Waals surface area contributed by atoms with Crippen LogP contribution in [0.5, 0.6) is 0 Å². The summed E-state index contributed by atoms with van der Waals surface area (Å²) in [5, 5.41) is 12.6. The van der Waals surface area contributed by atoms with Gasteiger partial charge in [-0.25, -0.2) is 4.98 Å². The van der Waals surface area contributed by atoms with Crippen molar-refractivity contribution < 1.29 is 9.84 Å². The molecule has 1 atom stereocenters. The number of imidazole rings is 1. The number of methoxy groups -OCH3 is 1. The van der Waals surface area contributed by atoms with Crippen LogP contribution in [0.15, 0.2) is 43.0 Å². The molecule has 0 spiro atoms. The van der Waals surface area contributed by atoms with Gasteiger partial charge in [0.1, 0.15) is 0 Å². The molecule has 1 aromatic heterocycles. The highest BCUT2D eigenvalue weighted by atomic mass is 16.5. The minimum atomic E-state index is -0.216.